The Morgan fingerprint density at radius 1 is 1.15 bits per heavy atom. The van der Waals surface area contributed by atoms with Crippen molar-refractivity contribution < 1.29 is 9.47 Å². The van der Waals surface area contributed by atoms with Gasteiger partial charge in [-0.25, -0.2) is 0 Å². The zero-order chi connectivity index (χ0) is 14.8. The lowest BCUT2D eigenvalue weighted by Crippen LogP contribution is -2.31. The second kappa shape index (κ2) is 9.60. The van der Waals surface area contributed by atoms with E-state index in [0.717, 1.165) is 18.8 Å². The molecule has 1 rings (SSSR count). The summed E-state index contributed by atoms with van der Waals surface area (Å²) in [6, 6.07) is 7.55. The molecule has 0 bridgehead atoms. The van der Waals surface area contributed by atoms with Crippen LogP contribution in [0.5, 0.6) is 0 Å². The van der Waals surface area contributed by atoms with Crippen molar-refractivity contribution in [2.24, 2.45) is 0 Å². The van der Waals surface area contributed by atoms with Gasteiger partial charge >= 0.3 is 0 Å². The first kappa shape index (κ1) is 16.8. The third-order valence-corrected chi connectivity index (χ3v) is 3.07. The summed E-state index contributed by atoms with van der Waals surface area (Å²) in [5.74, 6) is 0. The number of ether oxygens (including phenoxy) is 2. The van der Waals surface area contributed by atoms with Crippen molar-refractivity contribution >= 4 is 17.3 Å². The summed E-state index contributed by atoms with van der Waals surface area (Å²) in [6.07, 6.45) is 0. The molecule has 0 amide bonds. The van der Waals surface area contributed by atoms with Gasteiger partial charge in [-0.3, -0.25) is 0 Å². The maximum Gasteiger partial charge on any atom is 0.101 e. The molecule has 0 saturated carbocycles. The van der Waals surface area contributed by atoms with Crippen molar-refractivity contribution in [2.75, 3.05) is 44.4 Å². The molecule has 0 heterocycles. The molecule has 0 unspecified atom stereocenters. The Labute approximate surface area is 125 Å². The number of benzene rings is 1. The fourth-order valence-corrected chi connectivity index (χ4v) is 2.04. The highest BCUT2D eigenvalue weighted by molar-refractivity contribution is 6.30. The Morgan fingerprint density at radius 3 is 2.25 bits per heavy atom. The van der Waals surface area contributed by atoms with Gasteiger partial charge in [-0.05, 0) is 32.0 Å². The number of halogens is 1. The standard InChI is InChI=1S/C15H21ClN2O2/c1-3-19-9-7-18(8-10-20-4-2)15-6-5-14(16)11-13(15)12-17/h5-6,11H,3-4,7-10H2,1-2H3. The summed E-state index contributed by atoms with van der Waals surface area (Å²) in [4.78, 5) is 2.10. The number of anilines is 1. The maximum atomic E-state index is 9.24. The van der Waals surface area contributed by atoms with Gasteiger partial charge in [0.25, 0.3) is 0 Å². The minimum absolute atomic E-state index is 0.569. The first-order chi connectivity index (χ1) is 9.72. The highest BCUT2D eigenvalue weighted by Gasteiger charge is 2.11. The van der Waals surface area contributed by atoms with Gasteiger partial charge in [0, 0.05) is 31.3 Å². The Hall–Kier alpha value is -1.28. The lowest BCUT2D eigenvalue weighted by atomic mass is 10.1. The molecule has 0 aliphatic carbocycles. The van der Waals surface area contributed by atoms with Gasteiger partial charge in [0.05, 0.1) is 24.5 Å². The second-order valence-corrected chi connectivity index (χ2v) is 4.59. The van der Waals surface area contributed by atoms with E-state index >= 15 is 0 Å². The number of nitrogens with zero attached hydrogens (tertiary/aromatic N) is 2. The van der Waals surface area contributed by atoms with E-state index in [1.165, 1.54) is 0 Å². The van der Waals surface area contributed by atoms with Crippen LogP contribution < -0.4 is 4.90 Å². The largest absolute Gasteiger partial charge is 0.380 e. The molecule has 5 heteroatoms. The van der Waals surface area contributed by atoms with Crippen molar-refractivity contribution in [3.05, 3.63) is 28.8 Å². The Morgan fingerprint density at radius 2 is 1.75 bits per heavy atom. The van der Waals surface area contributed by atoms with Gasteiger partial charge in [0.1, 0.15) is 6.07 Å². The predicted octanol–water partition coefficient (Wildman–Crippen LogP) is 3.09. The maximum absolute atomic E-state index is 9.24. The van der Waals surface area contributed by atoms with Gasteiger partial charge in [-0.15, -0.1) is 0 Å². The van der Waals surface area contributed by atoms with Crippen molar-refractivity contribution in [2.45, 2.75) is 13.8 Å². The molecule has 20 heavy (non-hydrogen) atoms. The van der Waals surface area contributed by atoms with E-state index in [2.05, 4.69) is 11.0 Å². The van der Waals surface area contributed by atoms with Crippen molar-refractivity contribution in [1.82, 2.24) is 0 Å². The number of hydrogen-bond acceptors (Lipinski definition) is 4. The van der Waals surface area contributed by atoms with E-state index in [4.69, 9.17) is 21.1 Å². The topological polar surface area (TPSA) is 45.5 Å². The van der Waals surface area contributed by atoms with Crippen LogP contribution in [0.25, 0.3) is 0 Å². The number of rotatable bonds is 9. The van der Waals surface area contributed by atoms with E-state index in [9.17, 15) is 5.26 Å². The molecule has 0 aromatic heterocycles. The van der Waals surface area contributed by atoms with Crippen molar-refractivity contribution in [3.63, 3.8) is 0 Å². The highest BCUT2D eigenvalue weighted by atomic mass is 35.5. The molecular formula is C15H21ClN2O2. The molecule has 4 nitrogen and oxygen atoms in total. The van der Waals surface area contributed by atoms with Crippen LogP contribution in [-0.2, 0) is 9.47 Å². The van der Waals surface area contributed by atoms with Crippen LogP contribution in [0.3, 0.4) is 0 Å². The minimum atomic E-state index is 0.569. The van der Waals surface area contributed by atoms with Gasteiger partial charge in [-0.1, -0.05) is 11.6 Å². The van der Waals surface area contributed by atoms with Gasteiger partial charge in [0.15, 0.2) is 0 Å². The van der Waals surface area contributed by atoms with E-state index in [0.29, 0.717) is 37.0 Å². The smallest absolute Gasteiger partial charge is 0.101 e. The minimum Gasteiger partial charge on any atom is -0.380 e. The molecule has 0 fully saturated rings. The number of hydrogen-bond donors (Lipinski definition) is 0. The Balaban J connectivity index is 2.82. The van der Waals surface area contributed by atoms with E-state index in [1.54, 1.807) is 12.1 Å². The normalized spacial score (nSPS) is 10.3. The molecule has 110 valence electrons. The first-order valence-corrected chi connectivity index (χ1v) is 7.20. The summed E-state index contributed by atoms with van der Waals surface area (Å²) in [7, 11) is 0. The third kappa shape index (κ3) is 5.38. The SMILES string of the molecule is CCOCCN(CCOCC)c1ccc(Cl)cc1C#N. The molecule has 0 aliphatic rings. The molecule has 0 N–H and O–H groups in total. The van der Waals surface area contributed by atoms with Crippen LogP contribution in [0.4, 0.5) is 5.69 Å². The Bertz CT molecular complexity index is 436. The zero-order valence-electron chi connectivity index (χ0n) is 12.1. The average molecular weight is 297 g/mol. The van der Waals surface area contributed by atoms with Crippen LogP contribution in [0.15, 0.2) is 18.2 Å². The average Bonchev–Trinajstić information content (AvgIpc) is 2.46. The fourth-order valence-electron chi connectivity index (χ4n) is 1.86. The predicted molar refractivity (Wildman–Crippen MR) is 81.4 cm³/mol. The summed E-state index contributed by atoms with van der Waals surface area (Å²) < 4.78 is 10.8. The first-order valence-electron chi connectivity index (χ1n) is 6.83. The molecule has 1 aromatic carbocycles. The van der Waals surface area contributed by atoms with Crippen LogP contribution in [0.1, 0.15) is 19.4 Å². The number of nitriles is 1. The molecule has 0 saturated heterocycles. The zero-order valence-corrected chi connectivity index (χ0v) is 12.8. The van der Waals surface area contributed by atoms with E-state index in [1.807, 2.05) is 19.9 Å². The van der Waals surface area contributed by atoms with Crippen LogP contribution >= 0.6 is 11.6 Å². The highest BCUT2D eigenvalue weighted by Crippen LogP contribution is 2.23. The summed E-state index contributed by atoms with van der Waals surface area (Å²) in [5.41, 5.74) is 1.45. The molecule has 1 aromatic rings. The van der Waals surface area contributed by atoms with Crippen LogP contribution in [0.2, 0.25) is 5.02 Å². The molecule has 0 aliphatic heterocycles. The third-order valence-electron chi connectivity index (χ3n) is 2.84. The molecule has 0 radical (unpaired) electrons. The molecule has 0 atom stereocenters. The fraction of sp³-hybridized carbons (Fsp3) is 0.533. The van der Waals surface area contributed by atoms with Crippen LogP contribution in [0, 0.1) is 11.3 Å². The monoisotopic (exact) mass is 296 g/mol. The van der Waals surface area contributed by atoms with Gasteiger partial charge in [-0.2, -0.15) is 5.26 Å². The van der Waals surface area contributed by atoms with Crippen molar-refractivity contribution in [3.8, 4) is 6.07 Å². The van der Waals surface area contributed by atoms with Gasteiger partial charge in [0.2, 0.25) is 0 Å². The lowest BCUT2D eigenvalue weighted by molar-refractivity contribution is 0.141. The van der Waals surface area contributed by atoms with Gasteiger partial charge < -0.3 is 14.4 Å². The van der Waals surface area contributed by atoms with E-state index in [-0.39, 0.29) is 0 Å². The summed E-state index contributed by atoms with van der Waals surface area (Å²) in [5, 5.41) is 9.81. The quantitative estimate of drug-likeness (QED) is 0.657. The van der Waals surface area contributed by atoms with E-state index < -0.39 is 0 Å². The van der Waals surface area contributed by atoms with Crippen molar-refractivity contribution in [1.29, 1.82) is 5.26 Å². The summed E-state index contributed by atoms with van der Waals surface area (Å²) >= 11 is 5.93. The second-order valence-electron chi connectivity index (χ2n) is 4.15. The molecular weight excluding hydrogens is 276 g/mol. The Kier molecular flexibility index (Phi) is 8.05. The summed E-state index contributed by atoms with van der Waals surface area (Å²) in [6.45, 7) is 7.98. The van der Waals surface area contributed by atoms with Crippen LogP contribution in [-0.4, -0.2) is 39.5 Å². The molecule has 0 spiro atoms. The lowest BCUT2D eigenvalue weighted by Gasteiger charge is -2.25.